The number of rotatable bonds is 10. The van der Waals surface area contributed by atoms with Crippen LogP contribution in [0, 0.1) is 0 Å². The summed E-state index contributed by atoms with van der Waals surface area (Å²) in [4.78, 5) is 12.9. The van der Waals surface area contributed by atoms with E-state index in [0.29, 0.717) is 11.5 Å². The maximum absolute atomic E-state index is 13.1. The lowest BCUT2D eigenvalue weighted by molar-refractivity contribution is -0.122. The first kappa shape index (κ1) is 25.8. The summed E-state index contributed by atoms with van der Waals surface area (Å²) < 4.78 is 39.1. The Balaban J connectivity index is 1.82. The van der Waals surface area contributed by atoms with Crippen LogP contribution in [-0.4, -0.2) is 34.6 Å². The third kappa shape index (κ3) is 6.64. The van der Waals surface area contributed by atoms with E-state index < -0.39 is 22.0 Å². The zero-order chi connectivity index (χ0) is 24.7. The van der Waals surface area contributed by atoms with Crippen molar-refractivity contribution in [2.45, 2.75) is 23.9 Å². The third-order valence-corrected chi connectivity index (χ3v) is 7.18. The van der Waals surface area contributed by atoms with Crippen LogP contribution in [0.25, 0.3) is 0 Å². The third-order valence-electron chi connectivity index (χ3n) is 4.99. The zero-order valence-electron chi connectivity index (χ0n) is 18.5. The van der Waals surface area contributed by atoms with Crippen LogP contribution in [0.15, 0.2) is 71.6 Å². The summed E-state index contributed by atoms with van der Waals surface area (Å²) in [6, 6.07) is 17.4. The first-order chi connectivity index (χ1) is 16.2. The van der Waals surface area contributed by atoms with Crippen molar-refractivity contribution in [1.29, 1.82) is 0 Å². The molecular formula is C24H24Cl2N2O5S. The first-order valence-electron chi connectivity index (χ1n) is 10.2. The Kier molecular flexibility index (Phi) is 8.79. The maximum atomic E-state index is 13.1. The van der Waals surface area contributed by atoms with Crippen LogP contribution < -0.4 is 19.5 Å². The molecule has 0 aliphatic rings. The molecule has 3 aromatic carbocycles. The number of amides is 1. The number of halogens is 2. The highest BCUT2D eigenvalue weighted by atomic mass is 35.5. The van der Waals surface area contributed by atoms with Crippen LogP contribution in [0.2, 0.25) is 10.0 Å². The molecule has 3 rings (SSSR count). The lowest BCUT2D eigenvalue weighted by Crippen LogP contribution is -2.47. The van der Waals surface area contributed by atoms with Crippen LogP contribution >= 0.6 is 23.2 Å². The number of ether oxygens (including phenoxy) is 2. The van der Waals surface area contributed by atoms with Gasteiger partial charge in [-0.2, -0.15) is 4.72 Å². The molecule has 0 spiro atoms. The zero-order valence-corrected chi connectivity index (χ0v) is 20.9. The SMILES string of the molecule is COc1ccc(CNC(=O)[C@H](Cc2ccccc2)NS(=O)(=O)c2cc(Cl)ccc2Cl)cc1OC. The molecule has 0 radical (unpaired) electrons. The van der Waals surface area contributed by atoms with E-state index in [1.54, 1.807) is 18.2 Å². The van der Waals surface area contributed by atoms with Gasteiger partial charge in [0, 0.05) is 11.6 Å². The number of benzene rings is 3. The lowest BCUT2D eigenvalue weighted by Gasteiger charge is -2.19. The predicted molar refractivity (Wildman–Crippen MR) is 132 cm³/mol. The highest BCUT2D eigenvalue weighted by Crippen LogP contribution is 2.28. The largest absolute Gasteiger partial charge is 0.493 e. The summed E-state index contributed by atoms with van der Waals surface area (Å²) in [6.07, 6.45) is 0.135. The van der Waals surface area contributed by atoms with Gasteiger partial charge in [-0.3, -0.25) is 4.79 Å². The van der Waals surface area contributed by atoms with Gasteiger partial charge in [0.1, 0.15) is 10.9 Å². The van der Waals surface area contributed by atoms with Gasteiger partial charge in [-0.1, -0.05) is 59.6 Å². The second kappa shape index (κ2) is 11.6. The van der Waals surface area contributed by atoms with Crippen LogP contribution in [0.4, 0.5) is 0 Å². The van der Waals surface area contributed by atoms with E-state index in [1.807, 2.05) is 30.3 Å². The molecule has 3 aromatic rings. The average molecular weight is 523 g/mol. The minimum Gasteiger partial charge on any atom is -0.493 e. The van der Waals surface area contributed by atoms with Crippen molar-refractivity contribution in [2.75, 3.05) is 14.2 Å². The summed E-state index contributed by atoms with van der Waals surface area (Å²) in [5, 5.41) is 3.00. The van der Waals surface area contributed by atoms with Gasteiger partial charge in [0.2, 0.25) is 15.9 Å². The molecule has 1 atom stereocenters. The van der Waals surface area contributed by atoms with Gasteiger partial charge in [0.05, 0.1) is 19.2 Å². The summed E-state index contributed by atoms with van der Waals surface area (Å²) in [5.41, 5.74) is 1.54. The molecule has 0 heterocycles. The summed E-state index contributed by atoms with van der Waals surface area (Å²) in [7, 11) is -1.09. The van der Waals surface area contributed by atoms with E-state index in [2.05, 4.69) is 10.0 Å². The van der Waals surface area contributed by atoms with Crippen molar-refractivity contribution in [3.8, 4) is 11.5 Å². The molecule has 0 aromatic heterocycles. The minimum absolute atomic E-state index is 0.00102. The molecule has 0 unspecified atom stereocenters. The molecule has 34 heavy (non-hydrogen) atoms. The number of methoxy groups -OCH3 is 2. The number of carbonyl (C=O) groups is 1. The molecule has 1 amide bonds. The van der Waals surface area contributed by atoms with E-state index in [-0.39, 0.29) is 27.9 Å². The van der Waals surface area contributed by atoms with Crippen LogP contribution in [0.1, 0.15) is 11.1 Å². The molecule has 0 saturated carbocycles. The van der Waals surface area contributed by atoms with Crippen molar-refractivity contribution in [3.63, 3.8) is 0 Å². The van der Waals surface area contributed by atoms with Crippen LogP contribution in [0.5, 0.6) is 11.5 Å². The highest BCUT2D eigenvalue weighted by molar-refractivity contribution is 7.89. The van der Waals surface area contributed by atoms with Crippen molar-refractivity contribution >= 4 is 39.1 Å². The molecular weight excluding hydrogens is 499 g/mol. The number of sulfonamides is 1. The molecule has 180 valence electrons. The summed E-state index contributed by atoms with van der Waals surface area (Å²) >= 11 is 12.1. The monoisotopic (exact) mass is 522 g/mol. The number of hydrogen-bond acceptors (Lipinski definition) is 5. The van der Waals surface area contributed by atoms with Crippen LogP contribution in [0.3, 0.4) is 0 Å². The molecule has 10 heteroatoms. The van der Waals surface area contributed by atoms with Gasteiger partial charge in [-0.05, 0) is 47.9 Å². The maximum Gasteiger partial charge on any atom is 0.242 e. The number of hydrogen-bond donors (Lipinski definition) is 2. The van der Waals surface area contributed by atoms with Crippen molar-refractivity contribution in [2.24, 2.45) is 0 Å². The molecule has 2 N–H and O–H groups in total. The average Bonchev–Trinajstić information content (AvgIpc) is 2.83. The van der Waals surface area contributed by atoms with E-state index in [4.69, 9.17) is 32.7 Å². The Morgan fingerprint density at radius 1 is 0.912 bits per heavy atom. The quantitative estimate of drug-likeness (QED) is 0.415. The molecule has 0 saturated heterocycles. The van der Waals surface area contributed by atoms with Gasteiger partial charge in [-0.25, -0.2) is 8.42 Å². The molecule has 0 bridgehead atoms. The van der Waals surface area contributed by atoms with Gasteiger partial charge < -0.3 is 14.8 Å². The van der Waals surface area contributed by atoms with Crippen LogP contribution in [-0.2, 0) is 27.8 Å². The minimum atomic E-state index is -4.14. The fourth-order valence-electron chi connectivity index (χ4n) is 3.27. The Hall–Kier alpha value is -2.78. The Morgan fingerprint density at radius 2 is 1.62 bits per heavy atom. The lowest BCUT2D eigenvalue weighted by atomic mass is 10.1. The fourth-order valence-corrected chi connectivity index (χ4v) is 5.23. The molecule has 7 nitrogen and oxygen atoms in total. The van der Waals surface area contributed by atoms with Gasteiger partial charge >= 0.3 is 0 Å². The molecule has 0 fully saturated rings. The van der Waals surface area contributed by atoms with Gasteiger partial charge in [0.15, 0.2) is 11.5 Å². The van der Waals surface area contributed by atoms with Crippen molar-refractivity contribution in [1.82, 2.24) is 10.0 Å². The normalized spacial score (nSPS) is 12.1. The van der Waals surface area contributed by atoms with E-state index in [1.165, 1.54) is 32.4 Å². The van der Waals surface area contributed by atoms with E-state index >= 15 is 0 Å². The van der Waals surface area contributed by atoms with E-state index in [0.717, 1.165) is 11.1 Å². The second-order valence-corrected chi connectivity index (χ2v) is 9.87. The second-order valence-electron chi connectivity index (χ2n) is 7.35. The smallest absolute Gasteiger partial charge is 0.242 e. The Bertz CT molecular complexity index is 1250. The summed E-state index contributed by atoms with van der Waals surface area (Å²) in [5.74, 6) is 0.581. The Morgan fingerprint density at radius 3 is 2.29 bits per heavy atom. The van der Waals surface area contributed by atoms with Gasteiger partial charge in [-0.15, -0.1) is 0 Å². The van der Waals surface area contributed by atoms with Crippen molar-refractivity contribution < 1.29 is 22.7 Å². The predicted octanol–water partition coefficient (Wildman–Crippen LogP) is 4.22. The van der Waals surface area contributed by atoms with Crippen molar-refractivity contribution in [3.05, 3.63) is 87.9 Å². The molecule has 0 aliphatic carbocycles. The van der Waals surface area contributed by atoms with Gasteiger partial charge in [0.25, 0.3) is 0 Å². The number of nitrogens with one attached hydrogen (secondary N) is 2. The topological polar surface area (TPSA) is 93.7 Å². The fraction of sp³-hybridized carbons (Fsp3) is 0.208. The van der Waals surface area contributed by atoms with E-state index in [9.17, 15) is 13.2 Å². The standard InChI is InChI=1S/C24H24Cl2N2O5S/c1-32-21-11-8-17(13-22(21)33-2)15-27-24(29)20(12-16-6-4-3-5-7-16)28-34(30,31)23-14-18(25)9-10-19(23)26/h3-11,13-14,20,28H,12,15H2,1-2H3,(H,27,29)/t20-/m0/s1. The highest BCUT2D eigenvalue weighted by Gasteiger charge is 2.27. The number of carbonyl (C=O) groups excluding carboxylic acids is 1. The summed E-state index contributed by atoms with van der Waals surface area (Å²) in [6.45, 7) is 0.157. The molecule has 0 aliphatic heterocycles. The first-order valence-corrected chi connectivity index (χ1v) is 12.5. The Labute approximate surface area is 209 Å².